The molecule has 0 radical (unpaired) electrons. The van der Waals surface area contributed by atoms with Gasteiger partial charge in [0.25, 0.3) is 0 Å². The molecule has 0 bridgehead atoms. The Morgan fingerprint density at radius 1 is 1.05 bits per heavy atom. The first-order chi connectivity index (χ1) is 9.58. The van der Waals surface area contributed by atoms with E-state index in [-0.39, 0.29) is 0 Å². The average molecular weight is 298 g/mol. The van der Waals surface area contributed by atoms with Crippen molar-refractivity contribution in [3.63, 3.8) is 0 Å². The van der Waals surface area contributed by atoms with E-state index in [9.17, 15) is 4.21 Å². The van der Waals surface area contributed by atoms with Crippen LogP contribution in [0.2, 0.25) is 0 Å². The van der Waals surface area contributed by atoms with Gasteiger partial charge >= 0.3 is 0 Å². The van der Waals surface area contributed by atoms with Crippen molar-refractivity contribution in [2.24, 2.45) is 0 Å². The van der Waals surface area contributed by atoms with Gasteiger partial charge in [0.1, 0.15) is 17.5 Å². The van der Waals surface area contributed by atoms with Crippen LogP contribution < -0.4 is 10.6 Å². The van der Waals surface area contributed by atoms with Crippen molar-refractivity contribution in [2.75, 3.05) is 35.7 Å². The van der Waals surface area contributed by atoms with Crippen LogP contribution in [0.1, 0.15) is 38.1 Å². The second-order valence-electron chi connectivity index (χ2n) is 4.84. The normalized spacial score (nSPS) is 12.2. The topological polar surface area (TPSA) is 66.9 Å². The highest BCUT2D eigenvalue weighted by Crippen LogP contribution is 2.20. The van der Waals surface area contributed by atoms with Crippen molar-refractivity contribution < 1.29 is 4.21 Å². The van der Waals surface area contributed by atoms with Gasteiger partial charge in [0.2, 0.25) is 0 Å². The lowest BCUT2D eigenvalue weighted by Crippen LogP contribution is -2.15. The minimum atomic E-state index is -0.786. The molecule has 0 fully saturated rings. The largest absolute Gasteiger partial charge is 0.370 e. The third kappa shape index (κ3) is 5.45. The molecule has 20 heavy (non-hydrogen) atoms. The Morgan fingerprint density at radius 2 is 1.65 bits per heavy atom. The van der Waals surface area contributed by atoms with Crippen LogP contribution in [0, 0.1) is 6.92 Å². The number of hydrogen-bond acceptors (Lipinski definition) is 5. The van der Waals surface area contributed by atoms with Crippen molar-refractivity contribution in [1.29, 1.82) is 0 Å². The van der Waals surface area contributed by atoms with E-state index in [0.717, 1.165) is 48.8 Å². The Bertz CT molecular complexity index is 451. The summed E-state index contributed by atoms with van der Waals surface area (Å²) < 4.78 is 11.1. The molecule has 0 aliphatic carbocycles. The molecule has 1 heterocycles. The highest BCUT2D eigenvalue weighted by molar-refractivity contribution is 7.84. The molecule has 0 saturated heterocycles. The molecule has 1 atom stereocenters. The fourth-order valence-corrected chi connectivity index (χ4v) is 2.19. The summed E-state index contributed by atoms with van der Waals surface area (Å²) in [4.78, 5) is 9.15. The van der Waals surface area contributed by atoms with Gasteiger partial charge in [-0.25, -0.2) is 9.97 Å². The summed E-state index contributed by atoms with van der Waals surface area (Å²) in [5.74, 6) is 3.25. The number of hydrogen-bond donors (Lipinski definition) is 2. The van der Waals surface area contributed by atoms with Crippen LogP contribution in [-0.2, 0) is 17.2 Å². The van der Waals surface area contributed by atoms with Crippen LogP contribution in [0.5, 0.6) is 0 Å². The average Bonchev–Trinajstić information content (AvgIpc) is 2.40. The zero-order chi connectivity index (χ0) is 15.0. The van der Waals surface area contributed by atoms with E-state index in [4.69, 9.17) is 0 Å². The third-order valence-corrected chi connectivity index (χ3v) is 3.67. The van der Waals surface area contributed by atoms with Crippen molar-refractivity contribution in [3.8, 4) is 0 Å². The summed E-state index contributed by atoms with van der Waals surface area (Å²) in [6.07, 6.45) is 4.67. The van der Waals surface area contributed by atoms with Gasteiger partial charge in [0, 0.05) is 47.9 Å². The summed E-state index contributed by atoms with van der Waals surface area (Å²) in [5.41, 5.74) is 1.03. The van der Waals surface area contributed by atoms with Gasteiger partial charge in [-0.2, -0.15) is 0 Å². The number of nitrogens with one attached hydrogen (secondary N) is 2. The summed E-state index contributed by atoms with van der Waals surface area (Å²) in [7, 11) is -0.786. The maximum absolute atomic E-state index is 11.1. The van der Waals surface area contributed by atoms with E-state index in [0.29, 0.717) is 12.3 Å². The molecule has 5 nitrogen and oxygen atoms in total. The van der Waals surface area contributed by atoms with Crippen molar-refractivity contribution in [1.82, 2.24) is 9.97 Å². The lowest BCUT2D eigenvalue weighted by Gasteiger charge is -2.14. The molecule has 0 aliphatic rings. The number of aryl methyl sites for hydroxylation is 1. The lowest BCUT2D eigenvalue weighted by molar-refractivity contribution is 0.687. The van der Waals surface area contributed by atoms with E-state index < -0.39 is 10.8 Å². The number of rotatable bonds is 9. The predicted molar refractivity (Wildman–Crippen MR) is 87.0 cm³/mol. The molecule has 114 valence electrons. The molecule has 0 saturated carbocycles. The Kier molecular flexibility index (Phi) is 7.51. The summed E-state index contributed by atoms with van der Waals surface area (Å²) in [6, 6.07) is 0. The van der Waals surface area contributed by atoms with Crippen LogP contribution in [0.3, 0.4) is 0 Å². The standard InChI is InChI=1S/C14H26N4OS/c1-5-7-12-17-13(15-8-6-2)11(3)14(18-12)16-9-10-20(4)19/h5-10H2,1-4H3,(H2,15,16,17,18). The molecule has 1 unspecified atom stereocenters. The minimum Gasteiger partial charge on any atom is -0.370 e. The molecule has 0 aromatic carbocycles. The fraction of sp³-hybridized carbons (Fsp3) is 0.714. The zero-order valence-corrected chi connectivity index (χ0v) is 13.8. The Morgan fingerprint density at radius 3 is 2.15 bits per heavy atom. The second-order valence-corrected chi connectivity index (χ2v) is 6.40. The van der Waals surface area contributed by atoms with Crippen molar-refractivity contribution in [3.05, 3.63) is 11.4 Å². The Hall–Kier alpha value is -1.17. The quantitative estimate of drug-likeness (QED) is 0.732. The van der Waals surface area contributed by atoms with Gasteiger partial charge in [-0.15, -0.1) is 0 Å². The molecule has 0 amide bonds. The van der Waals surface area contributed by atoms with Gasteiger partial charge in [-0.1, -0.05) is 13.8 Å². The number of aromatic nitrogens is 2. The van der Waals surface area contributed by atoms with E-state index in [1.165, 1.54) is 0 Å². The number of nitrogens with zero attached hydrogens (tertiary/aromatic N) is 2. The van der Waals surface area contributed by atoms with Gasteiger partial charge in [0.15, 0.2) is 0 Å². The van der Waals surface area contributed by atoms with Gasteiger partial charge in [-0.3, -0.25) is 4.21 Å². The summed E-state index contributed by atoms with van der Waals surface area (Å²) in [6.45, 7) is 7.84. The van der Waals surface area contributed by atoms with Crippen LogP contribution in [-0.4, -0.2) is 39.3 Å². The molecule has 0 spiro atoms. The van der Waals surface area contributed by atoms with Gasteiger partial charge in [-0.05, 0) is 19.8 Å². The van der Waals surface area contributed by atoms with Crippen LogP contribution >= 0.6 is 0 Å². The van der Waals surface area contributed by atoms with E-state index >= 15 is 0 Å². The SMILES string of the molecule is CCCNc1nc(CCC)nc(NCCS(C)=O)c1C. The van der Waals surface area contributed by atoms with E-state index in [1.54, 1.807) is 6.26 Å². The van der Waals surface area contributed by atoms with Crippen LogP contribution in [0.25, 0.3) is 0 Å². The zero-order valence-electron chi connectivity index (χ0n) is 13.0. The predicted octanol–water partition coefficient (Wildman–Crippen LogP) is 2.35. The highest BCUT2D eigenvalue weighted by Gasteiger charge is 2.10. The fourth-order valence-electron chi connectivity index (χ4n) is 1.80. The third-order valence-electron chi connectivity index (χ3n) is 2.89. The first-order valence-corrected chi connectivity index (χ1v) is 8.96. The van der Waals surface area contributed by atoms with Crippen LogP contribution in [0.15, 0.2) is 0 Å². The maximum atomic E-state index is 11.1. The molecule has 6 heteroatoms. The molecule has 1 rings (SSSR count). The lowest BCUT2D eigenvalue weighted by atomic mass is 10.2. The second kappa shape index (κ2) is 8.89. The van der Waals surface area contributed by atoms with E-state index in [2.05, 4.69) is 34.4 Å². The highest BCUT2D eigenvalue weighted by atomic mass is 32.2. The molecule has 0 aliphatic heterocycles. The van der Waals surface area contributed by atoms with Gasteiger partial charge < -0.3 is 10.6 Å². The maximum Gasteiger partial charge on any atom is 0.134 e. The van der Waals surface area contributed by atoms with E-state index in [1.807, 2.05) is 6.92 Å². The molecule has 1 aromatic rings. The molecule has 1 aromatic heterocycles. The molecular weight excluding hydrogens is 272 g/mol. The van der Waals surface area contributed by atoms with Crippen molar-refractivity contribution in [2.45, 2.75) is 40.0 Å². The number of anilines is 2. The summed E-state index contributed by atoms with van der Waals surface area (Å²) in [5, 5.41) is 6.63. The van der Waals surface area contributed by atoms with Crippen LogP contribution in [0.4, 0.5) is 11.6 Å². The molecule has 2 N–H and O–H groups in total. The van der Waals surface area contributed by atoms with Crippen molar-refractivity contribution >= 4 is 22.4 Å². The first kappa shape index (κ1) is 16.9. The summed E-state index contributed by atoms with van der Waals surface area (Å²) >= 11 is 0. The van der Waals surface area contributed by atoms with Gasteiger partial charge in [0.05, 0.1) is 0 Å². The Labute approximate surface area is 124 Å². The minimum absolute atomic E-state index is 0.629. The Balaban J connectivity index is 2.88. The first-order valence-electron chi connectivity index (χ1n) is 7.23. The smallest absolute Gasteiger partial charge is 0.134 e. The molecular formula is C14H26N4OS. The monoisotopic (exact) mass is 298 g/mol.